The topological polar surface area (TPSA) is 48.9 Å². The highest BCUT2D eigenvalue weighted by Gasteiger charge is 2.38. The molecule has 0 spiro atoms. The number of hydrogen-bond acceptors (Lipinski definition) is 4. The van der Waals surface area contributed by atoms with Crippen LogP contribution in [0.3, 0.4) is 0 Å². The van der Waals surface area contributed by atoms with Crippen molar-refractivity contribution in [2.75, 3.05) is 51.4 Å². The maximum absolute atomic E-state index is 5.24. The van der Waals surface area contributed by atoms with Crippen molar-refractivity contribution in [1.82, 2.24) is 15.5 Å². The molecule has 2 rings (SSSR count). The highest BCUT2D eigenvalue weighted by molar-refractivity contribution is 14.0. The summed E-state index contributed by atoms with van der Waals surface area (Å²) in [4.78, 5) is 7.74. The number of methoxy groups -OCH3 is 1. The van der Waals surface area contributed by atoms with Gasteiger partial charge < -0.3 is 15.4 Å². The molecule has 1 unspecified atom stereocenters. The fourth-order valence-corrected chi connectivity index (χ4v) is 4.80. The van der Waals surface area contributed by atoms with Gasteiger partial charge in [-0.15, -0.1) is 24.0 Å². The zero-order valence-corrected chi connectivity index (χ0v) is 19.3. The third-order valence-corrected chi connectivity index (χ3v) is 6.08. The lowest BCUT2D eigenvalue weighted by Crippen LogP contribution is -2.56. The molecule has 0 amide bonds. The molecule has 1 aliphatic carbocycles. The van der Waals surface area contributed by atoms with Crippen LogP contribution in [-0.2, 0) is 4.74 Å². The summed E-state index contributed by atoms with van der Waals surface area (Å²) in [5.74, 6) is 3.47. The maximum atomic E-state index is 5.24. The number of hydrogen-bond donors (Lipinski definition) is 2. The van der Waals surface area contributed by atoms with Gasteiger partial charge in [-0.05, 0) is 26.7 Å². The van der Waals surface area contributed by atoms with E-state index in [1.165, 1.54) is 56.7 Å². The lowest BCUT2D eigenvalue weighted by atomic mass is 9.80. The van der Waals surface area contributed by atoms with Crippen molar-refractivity contribution < 1.29 is 4.74 Å². The van der Waals surface area contributed by atoms with Crippen LogP contribution in [0.15, 0.2) is 4.99 Å². The van der Waals surface area contributed by atoms with Gasteiger partial charge in [0, 0.05) is 49.8 Å². The molecule has 2 fully saturated rings. The molecule has 1 atom stereocenters. The number of halogens is 1. The average molecular weight is 484 g/mol. The summed E-state index contributed by atoms with van der Waals surface area (Å²) in [6.45, 7) is 9.20. The van der Waals surface area contributed by atoms with Crippen LogP contribution in [0.25, 0.3) is 0 Å². The molecule has 1 saturated carbocycles. The lowest BCUT2D eigenvalue weighted by Gasteiger charge is -2.47. The maximum Gasteiger partial charge on any atom is 0.191 e. The molecule has 2 aliphatic rings. The quantitative estimate of drug-likeness (QED) is 0.331. The first kappa shape index (κ1) is 23.3. The summed E-state index contributed by atoms with van der Waals surface area (Å²) in [5.41, 5.74) is 0.284. The minimum Gasteiger partial charge on any atom is -0.383 e. The van der Waals surface area contributed by atoms with Gasteiger partial charge in [0.25, 0.3) is 0 Å². The molecule has 0 bridgehead atoms. The number of aliphatic imine (C=N–C) groups is 1. The van der Waals surface area contributed by atoms with Gasteiger partial charge in [-0.2, -0.15) is 11.8 Å². The largest absolute Gasteiger partial charge is 0.383 e. The number of rotatable bonds is 7. The van der Waals surface area contributed by atoms with E-state index in [4.69, 9.17) is 9.73 Å². The lowest BCUT2D eigenvalue weighted by molar-refractivity contribution is 0.0671. The molecule has 2 N–H and O–H groups in total. The minimum absolute atomic E-state index is 0. The van der Waals surface area contributed by atoms with Crippen LogP contribution in [0.2, 0.25) is 0 Å². The number of nitrogens with zero attached hydrogens (tertiary/aromatic N) is 2. The van der Waals surface area contributed by atoms with Gasteiger partial charge in [-0.1, -0.05) is 19.3 Å². The van der Waals surface area contributed by atoms with Crippen LogP contribution in [-0.4, -0.2) is 73.8 Å². The van der Waals surface area contributed by atoms with Gasteiger partial charge in [0.05, 0.1) is 13.2 Å². The monoisotopic (exact) mass is 484 g/mol. The molecule has 1 heterocycles. The second kappa shape index (κ2) is 12.6. The van der Waals surface area contributed by atoms with Crippen molar-refractivity contribution in [1.29, 1.82) is 0 Å². The van der Waals surface area contributed by atoms with Crippen LogP contribution < -0.4 is 10.6 Å². The molecule has 0 aromatic rings. The van der Waals surface area contributed by atoms with E-state index in [1.54, 1.807) is 7.11 Å². The molecular weight excluding hydrogens is 447 g/mol. The van der Waals surface area contributed by atoms with E-state index in [-0.39, 0.29) is 35.6 Å². The van der Waals surface area contributed by atoms with Crippen molar-refractivity contribution in [2.45, 2.75) is 57.5 Å². The summed E-state index contributed by atoms with van der Waals surface area (Å²) in [6, 6.07) is 0.265. The number of guanidine groups is 1. The van der Waals surface area contributed by atoms with Crippen molar-refractivity contribution in [3.8, 4) is 0 Å². The Kier molecular flexibility index (Phi) is 11.8. The van der Waals surface area contributed by atoms with Crippen molar-refractivity contribution >= 4 is 41.7 Å². The summed E-state index contributed by atoms with van der Waals surface area (Å²) in [6.07, 6.45) is 6.69. The molecule has 148 valence electrons. The average Bonchev–Trinajstić information content (AvgIpc) is 2.62. The van der Waals surface area contributed by atoms with Gasteiger partial charge in [0.2, 0.25) is 0 Å². The van der Waals surface area contributed by atoms with Crippen molar-refractivity contribution in [3.05, 3.63) is 0 Å². The summed E-state index contributed by atoms with van der Waals surface area (Å²) in [7, 11) is 1.74. The summed E-state index contributed by atoms with van der Waals surface area (Å²) >= 11 is 2.09. The smallest absolute Gasteiger partial charge is 0.191 e. The molecular formula is C18H37IN4OS. The standard InChI is InChI=1S/C18H36N4OS.HI/c1-4-19-17(21-16(2)14-23-3)20-15-18(8-6-5-7-9-18)22-10-12-24-13-11-22;/h16H,4-15H2,1-3H3,(H2,19,20,21);1H. The normalized spacial score (nSPS) is 22.8. The van der Waals surface area contributed by atoms with Crippen LogP contribution >= 0.6 is 35.7 Å². The summed E-state index contributed by atoms with van der Waals surface area (Å²) < 4.78 is 5.24. The van der Waals surface area contributed by atoms with E-state index < -0.39 is 0 Å². The predicted octanol–water partition coefficient (Wildman–Crippen LogP) is 2.95. The van der Waals surface area contributed by atoms with Gasteiger partial charge in [-0.3, -0.25) is 9.89 Å². The second-order valence-electron chi connectivity index (χ2n) is 7.08. The Hall–Kier alpha value is 0.270. The third-order valence-electron chi connectivity index (χ3n) is 5.14. The van der Waals surface area contributed by atoms with Crippen molar-refractivity contribution in [3.63, 3.8) is 0 Å². The second-order valence-corrected chi connectivity index (χ2v) is 8.31. The molecule has 0 aromatic carbocycles. The number of ether oxygens (including phenoxy) is 1. The predicted molar refractivity (Wildman–Crippen MR) is 121 cm³/mol. The van der Waals surface area contributed by atoms with Gasteiger partial charge in [0.15, 0.2) is 5.96 Å². The highest BCUT2D eigenvalue weighted by atomic mass is 127. The molecule has 0 aromatic heterocycles. The zero-order chi connectivity index (χ0) is 17.3. The van der Waals surface area contributed by atoms with Crippen LogP contribution in [0.5, 0.6) is 0 Å². The summed E-state index contributed by atoms with van der Waals surface area (Å²) in [5, 5.41) is 6.86. The molecule has 0 radical (unpaired) electrons. The SMILES string of the molecule is CCNC(=NCC1(N2CCSCC2)CCCCC1)NC(C)COC.I. The van der Waals surface area contributed by atoms with Gasteiger partial charge in [0.1, 0.15) is 0 Å². The van der Waals surface area contributed by atoms with Crippen LogP contribution in [0, 0.1) is 0 Å². The first-order valence-corrected chi connectivity index (χ1v) is 10.7. The Balaban J connectivity index is 0.00000312. The fourth-order valence-electron chi connectivity index (χ4n) is 3.89. The highest BCUT2D eigenvalue weighted by Crippen LogP contribution is 2.35. The van der Waals surface area contributed by atoms with E-state index in [2.05, 4.69) is 41.1 Å². The number of nitrogens with one attached hydrogen (secondary N) is 2. The molecule has 1 aliphatic heterocycles. The first-order chi connectivity index (χ1) is 11.7. The van der Waals surface area contributed by atoms with Crippen LogP contribution in [0.1, 0.15) is 46.0 Å². The van der Waals surface area contributed by atoms with E-state index in [0.717, 1.165) is 19.0 Å². The van der Waals surface area contributed by atoms with E-state index >= 15 is 0 Å². The van der Waals surface area contributed by atoms with Gasteiger partial charge >= 0.3 is 0 Å². The Bertz CT molecular complexity index is 385. The molecule has 25 heavy (non-hydrogen) atoms. The zero-order valence-electron chi connectivity index (χ0n) is 16.2. The molecule has 7 heteroatoms. The fraction of sp³-hybridized carbons (Fsp3) is 0.944. The van der Waals surface area contributed by atoms with E-state index in [9.17, 15) is 0 Å². The Morgan fingerprint density at radius 1 is 1.24 bits per heavy atom. The van der Waals surface area contributed by atoms with Crippen LogP contribution in [0.4, 0.5) is 0 Å². The van der Waals surface area contributed by atoms with Gasteiger partial charge in [-0.25, -0.2) is 0 Å². The van der Waals surface area contributed by atoms with E-state index in [0.29, 0.717) is 6.61 Å². The minimum atomic E-state index is 0. The Morgan fingerprint density at radius 3 is 2.52 bits per heavy atom. The molecule has 5 nitrogen and oxygen atoms in total. The Labute approximate surface area is 175 Å². The van der Waals surface area contributed by atoms with E-state index in [1.807, 2.05) is 0 Å². The molecule has 1 saturated heterocycles. The van der Waals surface area contributed by atoms with Crippen molar-refractivity contribution in [2.24, 2.45) is 4.99 Å². The number of thioether (sulfide) groups is 1. The Morgan fingerprint density at radius 2 is 1.92 bits per heavy atom. The third kappa shape index (κ3) is 7.42. The first-order valence-electron chi connectivity index (χ1n) is 9.57.